The molecule has 1 heterocycles. The number of hydrogen-bond acceptors (Lipinski definition) is 4. The van der Waals surface area contributed by atoms with Gasteiger partial charge in [0.05, 0.1) is 11.9 Å². The monoisotopic (exact) mass is 356 g/mol. The lowest BCUT2D eigenvalue weighted by Gasteiger charge is -2.16. The van der Waals surface area contributed by atoms with Crippen LogP contribution in [0.3, 0.4) is 0 Å². The van der Waals surface area contributed by atoms with E-state index in [1.54, 1.807) is 13.1 Å². The van der Waals surface area contributed by atoms with Crippen molar-refractivity contribution < 1.29 is 4.79 Å². The van der Waals surface area contributed by atoms with Crippen LogP contribution in [0, 0.1) is 5.92 Å². The molecule has 0 spiro atoms. The van der Waals surface area contributed by atoms with Crippen molar-refractivity contribution in [2.24, 2.45) is 5.92 Å². The minimum Gasteiger partial charge on any atom is -0.372 e. The number of halogens is 1. The van der Waals surface area contributed by atoms with Gasteiger partial charge < -0.3 is 10.6 Å². The number of nitrogens with one attached hydrogen (secondary N) is 2. The second-order valence-electron chi connectivity index (χ2n) is 5.90. The van der Waals surface area contributed by atoms with E-state index in [0.717, 1.165) is 12.8 Å². The zero-order valence-electron chi connectivity index (χ0n) is 12.5. The summed E-state index contributed by atoms with van der Waals surface area (Å²) >= 11 is 3.29. The first kappa shape index (κ1) is 16.0. The molecule has 0 radical (unpaired) electrons. The first-order chi connectivity index (χ1) is 9.88. The lowest BCUT2D eigenvalue weighted by Crippen LogP contribution is -2.39. The number of hydrogen-bond donors (Lipinski definition) is 2. The van der Waals surface area contributed by atoms with Crippen LogP contribution in [0.1, 0.15) is 33.6 Å². The molecule has 1 aromatic rings. The van der Waals surface area contributed by atoms with E-state index in [-0.39, 0.29) is 11.5 Å². The van der Waals surface area contributed by atoms with E-state index in [0.29, 0.717) is 28.7 Å². The van der Waals surface area contributed by atoms with E-state index in [1.807, 2.05) is 13.8 Å². The Hall–Kier alpha value is -1.37. The highest BCUT2D eigenvalue weighted by molar-refractivity contribution is 9.10. The van der Waals surface area contributed by atoms with Crippen LogP contribution in [0.15, 0.2) is 15.5 Å². The summed E-state index contributed by atoms with van der Waals surface area (Å²) in [5, 5.41) is 10.1. The number of carbonyl (C=O) groups excluding carboxylic acids is 1. The minimum absolute atomic E-state index is 0.0595. The fourth-order valence-corrected chi connectivity index (χ4v) is 2.32. The highest BCUT2D eigenvalue weighted by atomic mass is 79.9. The van der Waals surface area contributed by atoms with Gasteiger partial charge in [-0.2, -0.15) is 5.10 Å². The average molecular weight is 357 g/mol. The predicted molar refractivity (Wildman–Crippen MR) is 85.3 cm³/mol. The van der Waals surface area contributed by atoms with Gasteiger partial charge in [-0.1, -0.05) is 13.8 Å². The average Bonchev–Trinajstić information content (AvgIpc) is 3.21. The molecule has 0 aromatic carbocycles. The van der Waals surface area contributed by atoms with Crippen LogP contribution in [-0.4, -0.2) is 27.8 Å². The third-order valence-electron chi connectivity index (χ3n) is 3.21. The van der Waals surface area contributed by atoms with E-state index >= 15 is 0 Å². The van der Waals surface area contributed by atoms with Crippen LogP contribution in [0.5, 0.6) is 0 Å². The maximum atomic E-state index is 12.2. The molecule has 1 saturated carbocycles. The fourth-order valence-electron chi connectivity index (χ4n) is 1.89. The lowest BCUT2D eigenvalue weighted by molar-refractivity contribution is -0.121. The summed E-state index contributed by atoms with van der Waals surface area (Å²) in [5.74, 6) is 0.278. The van der Waals surface area contributed by atoms with E-state index in [9.17, 15) is 9.59 Å². The molecule has 0 aliphatic heterocycles. The summed E-state index contributed by atoms with van der Waals surface area (Å²) in [4.78, 5) is 24.1. The number of anilines is 1. The molecule has 2 rings (SSSR count). The van der Waals surface area contributed by atoms with Gasteiger partial charge in [-0.05, 0) is 41.6 Å². The van der Waals surface area contributed by atoms with Crippen molar-refractivity contribution >= 4 is 27.5 Å². The van der Waals surface area contributed by atoms with Gasteiger partial charge in [-0.25, -0.2) is 4.68 Å². The molecule has 1 fully saturated rings. The maximum Gasteiger partial charge on any atom is 0.283 e. The minimum atomic E-state index is -0.413. The number of nitrogens with zero attached hydrogens (tertiary/aromatic N) is 2. The van der Waals surface area contributed by atoms with Crippen molar-refractivity contribution in [1.29, 1.82) is 0 Å². The zero-order valence-corrected chi connectivity index (χ0v) is 14.1. The summed E-state index contributed by atoms with van der Waals surface area (Å²) in [6, 6.07) is -0.0913. The molecule has 1 aromatic heterocycles. The molecular formula is C14H21BrN4O2. The topological polar surface area (TPSA) is 76.0 Å². The molecule has 116 valence electrons. The molecule has 1 aliphatic carbocycles. The van der Waals surface area contributed by atoms with Crippen LogP contribution in [0.4, 0.5) is 5.69 Å². The van der Waals surface area contributed by atoms with Gasteiger partial charge in [0.1, 0.15) is 10.5 Å². The van der Waals surface area contributed by atoms with Crippen LogP contribution in [-0.2, 0) is 11.3 Å². The second-order valence-corrected chi connectivity index (χ2v) is 6.70. The van der Waals surface area contributed by atoms with Crippen LogP contribution >= 0.6 is 15.9 Å². The Morgan fingerprint density at radius 1 is 1.48 bits per heavy atom. The molecule has 0 saturated heterocycles. The third kappa shape index (κ3) is 4.30. The van der Waals surface area contributed by atoms with Gasteiger partial charge in [-0.3, -0.25) is 9.59 Å². The normalized spacial score (nSPS) is 15.9. The van der Waals surface area contributed by atoms with Crippen LogP contribution < -0.4 is 16.2 Å². The summed E-state index contributed by atoms with van der Waals surface area (Å²) in [6.07, 6.45) is 3.68. The highest BCUT2D eigenvalue weighted by Gasteiger charge is 2.26. The first-order valence-electron chi connectivity index (χ1n) is 7.21. The number of rotatable bonds is 6. The van der Waals surface area contributed by atoms with Crippen molar-refractivity contribution in [3.8, 4) is 0 Å². The maximum absolute atomic E-state index is 12.2. The van der Waals surface area contributed by atoms with E-state index in [4.69, 9.17) is 0 Å². The third-order valence-corrected chi connectivity index (χ3v) is 3.98. The predicted octanol–water partition coefficient (Wildman–Crippen LogP) is 1.74. The molecule has 21 heavy (non-hydrogen) atoms. The molecule has 2 N–H and O–H groups in total. The molecule has 7 heteroatoms. The lowest BCUT2D eigenvalue weighted by atomic mass is 10.2. The molecule has 1 amide bonds. The Bertz CT molecular complexity index is 581. The summed E-state index contributed by atoms with van der Waals surface area (Å²) in [5.41, 5.74) is 0.349. The van der Waals surface area contributed by atoms with E-state index < -0.39 is 6.04 Å². The van der Waals surface area contributed by atoms with E-state index in [1.165, 1.54) is 4.68 Å². The van der Waals surface area contributed by atoms with Gasteiger partial charge in [0.2, 0.25) is 5.91 Å². The van der Waals surface area contributed by atoms with E-state index in [2.05, 4.69) is 31.7 Å². The largest absolute Gasteiger partial charge is 0.372 e. The van der Waals surface area contributed by atoms with Crippen molar-refractivity contribution in [1.82, 2.24) is 15.1 Å². The van der Waals surface area contributed by atoms with Gasteiger partial charge in [0, 0.05) is 12.6 Å². The fraction of sp³-hybridized carbons (Fsp3) is 0.643. The smallest absolute Gasteiger partial charge is 0.283 e. The van der Waals surface area contributed by atoms with Gasteiger partial charge in [0.25, 0.3) is 5.56 Å². The summed E-state index contributed by atoms with van der Waals surface area (Å²) in [7, 11) is 0. The molecule has 1 unspecified atom stereocenters. The quantitative estimate of drug-likeness (QED) is 0.813. The Balaban J connectivity index is 2.07. The Kier molecular flexibility index (Phi) is 5.03. The first-order valence-corrected chi connectivity index (χ1v) is 8.00. The van der Waals surface area contributed by atoms with Crippen molar-refractivity contribution in [2.45, 2.75) is 52.2 Å². The number of aromatic nitrogens is 2. The van der Waals surface area contributed by atoms with Crippen molar-refractivity contribution in [3.05, 3.63) is 21.0 Å². The molecule has 0 bridgehead atoms. The summed E-state index contributed by atoms with van der Waals surface area (Å²) in [6.45, 7) is 6.39. The highest BCUT2D eigenvalue weighted by Crippen LogP contribution is 2.20. The van der Waals surface area contributed by atoms with Gasteiger partial charge >= 0.3 is 0 Å². The summed E-state index contributed by atoms with van der Waals surface area (Å²) < 4.78 is 1.83. The van der Waals surface area contributed by atoms with Gasteiger partial charge in [-0.15, -0.1) is 0 Å². The van der Waals surface area contributed by atoms with Gasteiger partial charge in [0.15, 0.2) is 0 Å². The Morgan fingerprint density at radius 2 is 2.14 bits per heavy atom. The number of amides is 1. The standard InChI is InChI=1S/C14H21BrN4O2/c1-8(2)7-19-14(21)12(15)11(6-16-19)17-9(3)13(20)18-10-4-5-10/h6,8-10,17H,4-5,7H2,1-3H3,(H,18,20). The number of carbonyl (C=O) groups is 1. The van der Waals surface area contributed by atoms with Crippen LogP contribution in [0.25, 0.3) is 0 Å². The SMILES string of the molecule is CC(C)Cn1ncc(NC(C)C(=O)NC2CC2)c(Br)c1=O. The van der Waals surface area contributed by atoms with Crippen LogP contribution in [0.2, 0.25) is 0 Å². The van der Waals surface area contributed by atoms with Crippen molar-refractivity contribution in [3.63, 3.8) is 0 Å². The second kappa shape index (κ2) is 6.60. The zero-order chi connectivity index (χ0) is 15.6. The molecule has 1 atom stereocenters. The Labute approximate surface area is 132 Å². The molecule has 1 aliphatic rings. The molecular weight excluding hydrogens is 336 g/mol. The van der Waals surface area contributed by atoms with Crippen molar-refractivity contribution in [2.75, 3.05) is 5.32 Å². The molecule has 6 nitrogen and oxygen atoms in total. The Morgan fingerprint density at radius 3 is 2.71 bits per heavy atom.